The standard InChI is InChI=1S/C15H23N3O3.ClH/c1-4-10-5-6-12(19)11(7-10)18-13(20)8-17-15(21)14(16)9(2)3;/h5-7,9,14,19H,4,8,16H2,1-3H3,(H,17,21)(H,18,20);1H/t14-;/m0./s1. The van der Waals surface area contributed by atoms with E-state index >= 15 is 0 Å². The fourth-order valence-corrected chi connectivity index (χ4v) is 1.69. The number of nitrogens with two attached hydrogens (primary N) is 1. The van der Waals surface area contributed by atoms with Crippen molar-refractivity contribution >= 4 is 29.9 Å². The molecule has 0 aliphatic carbocycles. The third kappa shape index (κ3) is 5.91. The topological polar surface area (TPSA) is 104 Å². The first-order valence-electron chi connectivity index (χ1n) is 7.00. The van der Waals surface area contributed by atoms with Gasteiger partial charge < -0.3 is 21.5 Å². The van der Waals surface area contributed by atoms with Gasteiger partial charge in [-0.2, -0.15) is 0 Å². The lowest BCUT2D eigenvalue weighted by Crippen LogP contribution is -2.46. The molecule has 1 rings (SSSR count). The monoisotopic (exact) mass is 329 g/mol. The van der Waals surface area contributed by atoms with Crippen LogP contribution in [0.15, 0.2) is 18.2 Å². The Morgan fingerprint density at radius 2 is 1.95 bits per heavy atom. The van der Waals surface area contributed by atoms with Gasteiger partial charge in [0.2, 0.25) is 11.8 Å². The second-order valence-electron chi connectivity index (χ2n) is 5.24. The van der Waals surface area contributed by atoms with Crippen LogP contribution in [0.4, 0.5) is 5.69 Å². The summed E-state index contributed by atoms with van der Waals surface area (Å²) >= 11 is 0. The molecule has 0 aliphatic heterocycles. The summed E-state index contributed by atoms with van der Waals surface area (Å²) in [6.07, 6.45) is 0.795. The zero-order chi connectivity index (χ0) is 16.0. The van der Waals surface area contributed by atoms with E-state index in [-0.39, 0.29) is 36.5 Å². The van der Waals surface area contributed by atoms with Gasteiger partial charge in [0.05, 0.1) is 18.3 Å². The smallest absolute Gasteiger partial charge is 0.243 e. The van der Waals surface area contributed by atoms with E-state index in [0.717, 1.165) is 12.0 Å². The molecule has 6 nitrogen and oxygen atoms in total. The van der Waals surface area contributed by atoms with Crippen molar-refractivity contribution in [2.24, 2.45) is 11.7 Å². The van der Waals surface area contributed by atoms with E-state index in [4.69, 9.17) is 5.73 Å². The van der Waals surface area contributed by atoms with Gasteiger partial charge >= 0.3 is 0 Å². The van der Waals surface area contributed by atoms with E-state index in [9.17, 15) is 14.7 Å². The molecule has 0 bridgehead atoms. The van der Waals surface area contributed by atoms with Crippen LogP contribution < -0.4 is 16.4 Å². The number of carbonyl (C=O) groups is 2. The summed E-state index contributed by atoms with van der Waals surface area (Å²) in [5, 5.41) is 14.7. The van der Waals surface area contributed by atoms with Crippen molar-refractivity contribution in [2.75, 3.05) is 11.9 Å². The van der Waals surface area contributed by atoms with Crippen LogP contribution in [-0.4, -0.2) is 29.5 Å². The van der Waals surface area contributed by atoms with E-state index in [2.05, 4.69) is 10.6 Å². The van der Waals surface area contributed by atoms with Crippen LogP contribution in [0.2, 0.25) is 0 Å². The first kappa shape index (κ1) is 20.2. The van der Waals surface area contributed by atoms with Gasteiger partial charge in [0.25, 0.3) is 0 Å². The number of halogens is 1. The number of carbonyl (C=O) groups excluding carboxylic acids is 2. The quantitative estimate of drug-likeness (QED) is 0.592. The van der Waals surface area contributed by atoms with Crippen molar-refractivity contribution in [3.63, 3.8) is 0 Å². The van der Waals surface area contributed by atoms with Crippen LogP contribution >= 0.6 is 12.4 Å². The largest absolute Gasteiger partial charge is 0.506 e. The van der Waals surface area contributed by atoms with E-state index in [0.29, 0.717) is 5.69 Å². The van der Waals surface area contributed by atoms with Gasteiger partial charge in [-0.1, -0.05) is 26.8 Å². The molecule has 0 unspecified atom stereocenters. The Balaban J connectivity index is 0.00000441. The summed E-state index contributed by atoms with van der Waals surface area (Å²) in [5.41, 5.74) is 7.01. The minimum absolute atomic E-state index is 0. The number of hydrogen-bond donors (Lipinski definition) is 4. The number of rotatable bonds is 6. The number of aryl methyl sites for hydroxylation is 1. The molecule has 1 atom stereocenters. The van der Waals surface area contributed by atoms with E-state index < -0.39 is 11.9 Å². The van der Waals surface area contributed by atoms with Crippen LogP contribution in [0, 0.1) is 5.92 Å². The summed E-state index contributed by atoms with van der Waals surface area (Å²) in [6, 6.07) is 4.38. The highest BCUT2D eigenvalue weighted by Crippen LogP contribution is 2.24. The maximum Gasteiger partial charge on any atom is 0.243 e. The molecule has 22 heavy (non-hydrogen) atoms. The molecule has 0 aliphatic rings. The molecule has 0 fully saturated rings. The lowest BCUT2D eigenvalue weighted by molar-refractivity contribution is -0.125. The first-order valence-corrected chi connectivity index (χ1v) is 7.00. The highest BCUT2D eigenvalue weighted by atomic mass is 35.5. The molecule has 7 heteroatoms. The number of nitrogens with one attached hydrogen (secondary N) is 2. The zero-order valence-electron chi connectivity index (χ0n) is 13.1. The fourth-order valence-electron chi connectivity index (χ4n) is 1.69. The van der Waals surface area contributed by atoms with Crippen LogP contribution in [0.3, 0.4) is 0 Å². The minimum Gasteiger partial charge on any atom is -0.506 e. The zero-order valence-corrected chi connectivity index (χ0v) is 13.9. The van der Waals surface area contributed by atoms with Gasteiger partial charge in [0.1, 0.15) is 5.75 Å². The van der Waals surface area contributed by atoms with Crippen LogP contribution in [0.5, 0.6) is 5.75 Å². The average molecular weight is 330 g/mol. The number of anilines is 1. The minimum atomic E-state index is -0.644. The molecule has 124 valence electrons. The molecule has 0 heterocycles. The van der Waals surface area contributed by atoms with Crippen LogP contribution in [0.1, 0.15) is 26.3 Å². The Morgan fingerprint density at radius 1 is 1.32 bits per heavy atom. The molecule has 5 N–H and O–H groups in total. The van der Waals surface area contributed by atoms with Crippen molar-refractivity contribution < 1.29 is 14.7 Å². The predicted molar refractivity (Wildman–Crippen MR) is 89.2 cm³/mol. The van der Waals surface area contributed by atoms with E-state index in [1.807, 2.05) is 20.8 Å². The van der Waals surface area contributed by atoms with Gasteiger partial charge in [-0.3, -0.25) is 9.59 Å². The predicted octanol–water partition coefficient (Wildman–Crippen LogP) is 1.41. The SMILES string of the molecule is CCc1ccc(O)c(NC(=O)CNC(=O)[C@@H](N)C(C)C)c1.Cl. The third-order valence-electron chi connectivity index (χ3n) is 3.19. The number of phenolic OH excluding ortho intramolecular Hbond substituents is 1. The lowest BCUT2D eigenvalue weighted by Gasteiger charge is -2.15. The molecular formula is C15H24ClN3O3. The summed E-state index contributed by atoms with van der Waals surface area (Å²) in [4.78, 5) is 23.4. The summed E-state index contributed by atoms with van der Waals surface area (Å²) in [6.45, 7) is 5.46. The van der Waals surface area contributed by atoms with Crippen molar-refractivity contribution in [2.45, 2.75) is 33.2 Å². The summed E-state index contributed by atoms with van der Waals surface area (Å²) in [5.74, 6) is -0.793. The Labute approximate surface area is 136 Å². The summed E-state index contributed by atoms with van der Waals surface area (Å²) < 4.78 is 0. The van der Waals surface area contributed by atoms with Crippen molar-refractivity contribution in [1.29, 1.82) is 0 Å². The van der Waals surface area contributed by atoms with Gasteiger partial charge in [0, 0.05) is 0 Å². The molecule has 0 radical (unpaired) electrons. The normalized spacial score (nSPS) is 11.5. The second-order valence-corrected chi connectivity index (χ2v) is 5.24. The molecule has 2 amide bonds. The molecule has 0 aromatic heterocycles. The van der Waals surface area contributed by atoms with Crippen LogP contribution in [0.25, 0.3) is 0 Å². The maximum absolute atomic E-state index is 11.8. The molecule has 1 aromatic rings. The highest BCUT2D eigenvalue weighted by Gasteiger charge is 2.17. The van der Waals surface area contributed by atoms with E-state index in [1.165, 1.54) is 6.07 Å². The van der Waals surface area contributed by atoms with Crippen molar-refractivity contribution in [3.8, 4) is 5.75 Å². The number of amides is 2. The molecular weight excluding hydrogens is 306 g/mol. The molecule has 0 saturated carbocycles. The van der Waals surface area contributed by atoms with E-state index in [1.54, 1.807) is 12.1 Å². The summed E-state index contributed by atoms with van der Waals surface area (Å²) in [7, 11) is 0. The number of benzene rings is 1. The Kier molecular flexibility index (Phi) is 8.52. The number of aromatic hydroxyl groups is 1. The van der Waals surface area contributed by atoms with Crippen molar-refractivity contribution in [1.82, 2.24) is 5.32 Å². The van der Waals surface area contributed by atoms with Gasteiger partial charge in [-0.05, 0) is 30.0 Å². The fraction of sp³-hybridized carbons (Fsp3) is 0.467. The highest BCUT2D eigenvalue weighted by molar-refractivity contribution is 5.96. The third-order valence-corrected chi connectivity index (χ3v) is 3.19. The Bertz CT molecular complexity index is 521. The second kappa shape index (κ2) is 9.27. The number of hydrogen-bond acceptors (Lipinski definition) is 4. The van der Waals surface area contributed by atoms with Gasteiger partial charge in [-0.15, -0.1) is 12.4 Å². The average Bonchev–Trinajstić information content (AvgIpc) is 2.46. The lowest BCUT2D eigenvalue weighted by atomic mass is 10.1. The van der Waals surface area contributed by atoms with Gasteiger partial charge in [0.15, 0.2) is 0 Å². The Morgan fingerprint density at radius 3 is 2.50 bits per heavy atom. The maximum atomic E-state index is 11.8. The first-order chi connectivity index (χ1) is 9.85. The van der Waals surface area contributed by atoms with Crippen LogP contribution in [-0.2, 0) is 16.0 Å². The Hall–Kier alpha value is -1.79. The number of phenols is 1. The molecule has 0 spiro atoms. The molecule has 0 saturated heterocycles. The van der Waals surface area contributed by atoms with Gasteiger partial charge in [-0.25, -0.2) is 0 Å². The molecule has 1 aromatic carbocycles. The van der Waals surface area contributed by atoms with Crippen molar-refractivity contribution in [3.05, 3.63) is 23.8 Å².